The van der Waals surface area contributed by atoms with Crippen LogP contribution in [0.2, 0.25) is 0 Å². The van der Waals surface area contributed by atoms with Gasteiger partial charge in [-0.2, -0.15) is 0 Å². The normalized spacial score (nSPS) is 12.2. The minimum Gasteiger partial charge on any atom is -0.457 e. The van der Waals surface area contributed by atoms with Crippen LogP contribution in [0.5, 0.6) is 46.0 Å². The van der Waals surface area contributed by atoms with Gasteiger partial charge in [-0.3, -0.25) is 0 Å². The van der Waals surface area contributed by atoms with Gasteiger partial charge in [0.25, 0.3) is 0 Å². The van der Waals surface area contributed by atoms with Crippen molar-refractivity contribution in [3.63, 3.8) is 0 Å². The lowest BCUT2D eigenvalue weighted by atomic mass is 9.94. The van der Waals surface area contributed by atoms with Gasteiger partial charge in [0.2, 0.25) is 0 Å². The van der Waals surface area contributed by atoms with Crippen LogP contribution in [0.15, 0.2) is 121 Å². The zero-order chi connectivity index (χ0) is 35.0. The Hall–Kier alpha value is -4.70. The topological polar surface area (TPSA) is 36.9 Å². The molecular weight excluding hydrogens is 617 g/mol. The van der Waals surface area contributed by atoms with Crippen molar-refractivity contribution in [2.75, 3.05) is 0 Å². The number of rotatable bonds is 20. The van der Waals surface area contributed by atoms with E-state index in [2.05, 4.69) is 64.1 Å². The maximum atomic E-state index is 6.45. The summed E-state index contributed by atoms with van der Waals surface area (Å²) in [6.07, 6.45) is 12.5. The van der Waals surface area contributed by atoms with E-state index >= 15 is 0 Å². The Balaban J connectivity index is 1.24. The molecule has 0 bridgehead atoms. The molecule has 0 radical (unpaired) electrons. The van der Waals surface area contributed by atoms with Crippen molar-refractivity contribution in [1.82, 2.24) is 0 Å². The van der Waals surface area contributed by atoms with Gasteiger partial charge in [0.05, 0.1) is 0 Å². The fourth-order valence-corrected chi connectivity index (χ4v) is 6.18. The highest BCUT2D eigenvalue weighted by atomic mass is 16.5. The number of ether oxygens (including phenoxy) is 4. The summed E-state index contributed by atoms with van der Waals surface area (Å²) in [4.78, 5) is 0. The van der Waals surface area contributed by atoms with Crippen LogP contribution in [0.4, 0.5) is 0 Å². The minimum absolute atomic E-state index is 0.388. The maximum absolute atomic E-state index is 6.45. The van der Waals surface area contributed by atoms with Gasteiger partial charge in [0.1, 0.15) is 46.0 Å². The second-order valence-electron chi connectivity index (χ2n) is 13.5. The summed E-state index contributed by atoms with van der Waals surface area (Å²) >= 11 is 0. The summed E-state index contributed by atoms with van der Waals surface area (Å²) < 4.78 is 25.2. The highest BCUT2D eigenvalue weighted by Crippen LogP contribution is 2.36. The molecule has 2 atom stereocenters. The predicted molar refractivity (Wildman–Crippen MR) is 207 cm³/mol. The molecule has 0 aliphatic carbocycles. The van der Waals surface area contributed by atoms with E-state index in [0.29, 0.717) is 29.1 Å². The lowest BCUT2D eigenvalue weighted by Crippen LogP contribution is -1.97. The fourth-order valence-electron chi connectivity index (χ4n) is 6.18. The summed E-state index contributed by atoms with van der Waals surface area (Å²) in [5, 5.41) is 0. The minimum atomic E-state index is 0.388. The first-order valence-electron chi connectivity index (χ1n) is 18.7. The van der Waals surface area contributed by atoms with Gasteiger partial charge >= 0.3 is 0 Å². The van der Waals surface area contributed by atoms with Gasteiger partial charge in [0, 0.05) is 18.2 Å². The molecule has 50 heavy (non-hydrogen) atoms. The molecule has 0 spiro atoms. The summed E-state index contributed by atoms with van der Waals surface area (Å²) in [5.41, 5.74) is 2.57. The van der Waals surface area contributed by atoms with Crippen molar-refractivity contribution in [3.05, 3.63) is 132 Å². The fraction of sp³-hybridized carbons (Fsp3) is 0.348. The molecule has 2 unspecified atom stereocenters. The van der Waals surface area contributed by atoms with Gasteiger partial charge in [-0.15, -0.1) is 0 Å². The lowest BCUT2D eigenvalue weighted by molar-refractivity contribution is 0.446. The first-order chi connectivity index (χ1) is 24.5. The van der Waals surface area contributed by atoms with E-state index in [4.69, 9.17) is 18.9 Å². The van der Waals surface area contributed by atoms with Crippen molar-refractivity contribution < 1.29 is 18.9 Å². The molecule has 4 heteroatoms. The third kappa shape index (κ3) is 11.7. The van der Waals surface area contributed by atoms with E-state index in [9.17, 15) is 0 Å². The maximum Gasteiger partial charge on any atom is 0.131 e. The van der Waals surface area contributed by atoms with Gasteiger partial charge in [0.15, 0.2) is 0 Å². The number of hydrogen-bond donors (Lipinski definition) is 0. The number of hydrogen-bond acceptors (Lipinski definition) is 4. The molecule has 0 aliphatic rings. The smallest absolute Gasteiger partial charge is 0.131 e. The molecule has 0 heterocycles. The third-order valence-corrected chi connectivity index (χ3v) is 9.20. The van der Waals surface area contributed by atoms with E-state index in [1.165, 1.54) is 68.9 Å². The van der Waals surface area contributed by atoms with Gasteiger partial charge < -0.3 is 18.9 Å². The van der Waals surface area contributed by atoms with Crippen molar-refractivity contribution in [3.8, 4) is 46.0 Å². The zero-order valence-corrected chi connectivity index (χ0v) is 30.4. The average molecular weight is 671 g/mol. The molecule has 4 nitrogen and oxygen atoms in total. The van der Waals surface area contributed by atoms with Crippen molar-refractivity contribution >= 4 is 0 Å². The first-order valence-corrected chi connectivity index (χ1v) is 18.7. The predicted octanol–water partition coefficient (Wildman–Crippen LogP) is 15.0. The highest BCUT2D eigenvalue weighted by molar-refractivity contribution is 5.46. The summed E-state index contributed by atoms with van der Waals surface area (Å²) in [5.74, 6) is 6.83. The van der Waals surface area contributed by atoms with Crippen LogP contribution in [0.3, 0.4) is 0 Å². The SMILES string of the molecule is CCCCCCC(C)c1ccc(Oc2cccc(Oc3cccc(Oc4cc(Oc5ccccc5)cc(C(C)CCCCCC)c4)c3)c2)cc1. The molecule has 262 valence electrons. The van der Waals surface area contributed by atoms with Crippen LogP contribution in [0, 0.1) is 0 Å². The summed E-state index contributed by atoms with van der Waals surface area (Å²) in [7, 11) is 0. The second-order valence-corrected chi connectivity index (χ2v) is 13.5. The Bertz CT molecular complexity index is 1710. The molecule has 5 aromatic carbocycles. The van der Waals surface area contributed by atoms with Gasteiger partial charge in [-0.25, -0.2) is 0 Å². The Morgan fingerprint density at radius 2 is 0.760 bits per heavy atom. The zero-order valence-electron chi connectivity index (χ0n) is 30.4. The number of benzene rings is 5. The third-order valence-electron chi connectivity index (χ3n) is 9.20. The Labute approximate surface area is 300 Å². The molecule has 0 saturated carbocycles. The lowest BCUT2D eigenvalue weighted by Gasteiger charge is -2.17. The highest BCUT2D eigenvalue weighted by Gasteiger charge is 2.13. The monoisotopic (exact) mass is 670 g/mol. The molecule has 5 aromatic rings. The van der Waals surface area contributed by atoms with Crippen molar-refractivity contribution in [1.29, 1.82) is 0 Å². The molecule has 0 fully saturated rings. The molecule has 0 aromatic heterocycles. The van der Waals surface area contributed by atoms with E-state index in [0.717, 1.165) is 35.2 Å². The van der Waals surface area contributed by atoms with Crippen LogP contribution >= 0.6 is 0 Å². The van der Waals surface area contributed by atoms with E-state index < -0.39 is 0 Å². The Kier molecular flexibility index (Phi) is 14.2. The largest absolute Gasteiger partial charge is 0.457 e. The van der Waals surface area contributed by atoms with Crippen molar-refractivity contribution in [2.45, 2.75) is 104 Å². The van der Waals surface area contributed by atoms with E-state index in [-0.39, 0.29) is 0 Å². The van der Waals surface area contributed by atoms with E-state index in [1.54, 1.807) is 0 Å². The summed E-state index contributed by atoms with van der Waals surface area (Å²) in [6.45, 7) is 9.11. The summed E-state index contributed by atoms with van der Waals surface area (Å²) in [6, 6.07) is 40.1. The average Bonchev–Trinajstić information content (AvgIpc) is 3.13. The van der Waals surface area contributed by atoms with Crippen LogP contribution in [-0.4, -0.2) is 0 Å². The molecule has 0 saturated heterocycles. The molecule has 0 aliphatic heterocycles. The van der Waals surface area contributed by atoms with Crippen molar-refractivity contribution in [2.24, 2.45) is 0 Å². The van der Waals surface area contributed by atoms with Crippen LogP contribution in [-0.2, 0) is 0 Å². The van der Waals surface area contributed by atoms with Crippen LogP contribution < -0.4 is 18.9 Å². The number of para-hydroxylation sites is 1. The molecule has 0 amide bonds. The molecule has 5 rings (SSSR count). The van der Waals surface area contributed by atoms with Crippen LogP contribution in [0.1, 0.15) is 115 Å². The van der Waals surface area contributed by atoms with Gasteiger partial charge in [-0.05, 0) is 96.5 Å². The van der Waals surface area contributed by atoms with Gasteiger partial charge in [-0.1, -0.05) is 122 Å². The quantitative estimate of drug-likeness (QED) is 0.0772. The first kappa shape index (κ1) is 36.6. The molecule has 0 N–H and O–H groups in total. The van der Waals surface area contributed by atoms with Crippen LogP contribution in [0.25, 0.3) is 0 Å². The number of unbranched alkanes of at least 4 members (excludes halogenated alkanes) is 6. The standard InChI is InChI=1S/C46H54O4/c1-5-7-9-12-18-35(3)37-26-28-40(29-27-37)47-41-22-16-23-42(32-41)49-43-24-17-25-44(33-43)50-46-31-38(36(4)19-13-10-8-6-2)30-45(34-46)48-39-20-14-11-15-21-39/h11,14-17,20-36H,5-10,12-13,18-19H2,1-4H3. The Morgan fingerprint density at radius 3 is 1.28 bits per heavy atom. The molecular formula is C46H54O4. The second kappa shape index (κ2) is 19.5. The Morgan fingerprint density at radius 1 is 0.360 bits per heavy atom. The van der Waals surface area contributed by atoms with E-state index in [1.807, 2.05) is 84.9 Å².